The van der Waals surface area contributed by atoms with Gasteiger partial charge in [0.25, 0.3) is 0 Å². The predicted molar refractivity (Wildman–Crippen MR) is 142 cm³/mol. The first-order valence-corrected chi connectivity index (χ1v) is 13.6. The predicted octanol–water partition coefficient (Wildman–Crippen LogP) is 2.79. The molecule has 0 spiro atoms. The molecule has 8 nitrogen and oxygen atoms in total. The standard InChI is InChI=1S/C29H45N3O5/c1-15(2)7-6-8-17(26(35)36)23-21(37-16(3)33)14-28(5)24(23)19(30)13-22-27(4)11-10-20(34)25(31)18(27)9-12-29(22,28)32/h6-8,18-22,24-25,34H,9-14,30-32H2,1-5H3,(H,35,36)/b8-6+,23-17+/t18-,19+,20+,21-,22-,24-,25-,27-,28-,29+/m0/s1. The molecule has 10 atom stereocenters. The van der Waals surface area contributed by atoms with Gasteiger partial charge in [-0.25, -0.2) is 4.79 Å². The van der Waals surface area contributed by atoms with Crippen LogP contribution in [0.5, 0.6) is 0 Å². The van der Waals surface area contributed by atoms with Crippen LogP contribution in [0.3, 0.4) is 0 Å². The number of hydrogen-bond donors (Lipinski definition) is 5. The normalized spacial score (nSPS) is 46.5. The third-order valence-electron chi connectivity index (χ3n) is 10.5. The number of carboxylic acid groups (broad SMARTS) is 1. The number of allylic oxidation sites excluding steroid dienone is 3. The lowest BCUT2D eigenvalue weighted by Crippen LogP contribution is -2.74. The number of aliphatic carboxylic acids is 1. The Bertz CT molecular complexity index is 1050. The first-order chi connectivity index (χ1) is 17.2. The minimum Gasteiger partial charge on any atom is -0.478 e. The van der Waals surface area contributed by atoms with E-state index in [1.165, 1.54) is 6.92 Å². The van der Waals surface area contributed by atoms with Gasteiger partial charge in [-0.15, -0.1) is 0 Å². The summed E-state index contributed by atoms with van der Waals surface area (Å²) < 4.78 is 5.80. The Morgan fingerprint density at radius 1 is 1.11 bits per heavy atom. The molecule has 0 aromatic carbocycles. The smallest absolute Gasteiger partial charge is 0.335 e. The van der Waals surface area contributed by atoms with Crippen molar-refractivity contribution in [2.24, 2.45) is 45.8 Å². The molecule has 37 heavy (non-hydrogen) atoms. The number of carbonyl (C=O) groups excluding carboxylic acids is 1. The second-order valence-corrected chi connectivity index (χ2v) is 12.8. The number of carboxylic acids is 1. The zero-order valence-electron chi connectivity index (χ0n) is 22.9. The van der Waals surface area contributed by atoms with Gasteiger partial charge in [0, 0.05) is 30.5 Å². The van der Waals surface area contributed by atoms with Gasteiger partial charge in [0.15, 0.2) is 0 Å². The molecule has 0 aromatic rings. The SMILES string of the molecule is CC(=O)O[C@H]1C[C@@]2(C)[C@H](/C1=C(\C=C\C=C(C)C)C(=O)O)[C@H](N)C[C@H]1[C@@]3(C)CC[C@@H](O)[C@@H](N)[C@@H]3CC[C@@]12N. The lowest BCUT2D eigenvalue weighted by molar-refractivity contribution is -0.158. The Labute approximate surface area is 220 Å². The monoisotopic (exact) mass is 515 g/mol. The number of fused-ring (bicyclic) bond motifs is 5. The van der Waals surface area contributed by atoms with Crippen molar-refractivity contribution >= 4 is 11.9 Å². The molecule has 0 saturated heterocycles. The molecule has 4 aliphatic carbocycles. The van der Waals surface area contributed by atoms with Crippen molar-refractivity contribution in [3.8, 4) is 0 Å². The van der Waals surface area contributed by atoms with Gasteiger partial charge in [-0.3, -0.25) is 4.79 Å². The van der Waals surface area contributed by atoms with E-state index in [1.54, 1.807) is 12.2 Å². The average Bonchev–Trinajstić information content (AvgIpc) is 3.08. The largest absolute Gasteiger partial charge is 0.478 e. The highest BCUT2D eigenvalue weighted by Crippen LogP contribution is 2.69. The van der Waals surface area contributed by atoms with E-state index in [9.17, 15) is 19.8 Å². The van der Waals surface area contributed by atoms with Crippen molar-refractivity contribution in [3.05, 3.63) is 34.9 Å². The second kappa shape index (κ2) is 9.63. The third-order valence-corrected chi connectivity index (χ3v) is 10.5. The summed E-state index contributed by atoms with van der Waals surface area (Å²) in [5.41, 5.74) is 21.3. The van der Waals surface area contributed by atoms with Gasteiger partial charge in [0.1, 0.15) is 6.10 Å². The van der Waals surface area contributed by atoms with Gasteiger partial charge in [-0.1, -0.05) is 31.6 Å². The zero-order valence-corrected chi connectivity index (χ0v) is 22.9. The fourth-order valence-electron chi connectivity index (χ4n) is 8.85. The molecule has 0 heterocycles. The van der Waals surface area contributed by atoms with Crippen LogP contribution in [0.15, 0.2) is 34.9 Å². The summed E-state index contributed by atoms with van der Waals surface area (Å²) in [6.45, 7) is 9.60. The van der Waals surface area contributed by atoms with Gasteiger partial charge >= 0.3 is 11.9 Å². The number of aliphatic hydroxyl groups excluding tert-OH is 1. The Balaban J connectivity index is 1.86. The minimum absolute atomic E-state index is 0.0559. The number of carbonyl (C=O) groups is 2. The average molecular weight is 516 g/mol. The summed E-state index contributed by atoms with van der Waals surface area (Å²) >= 11 is 0. The molecule has 0 aromatic heterocycles. The van der Waals surface area contributed by atoms with E-state index in [2.05, 4.69) is 13.8 Å². The van der Waals surface area contributed by atoms with E-state index in [0.29, 0.717) is 31.3 Å². The summed E-state index contributed by atoms with van der Waals surface area (Å²) in [7, 11) is 0. The molecular formula is C29H45N3O5. The van der Waals surface area contributed by atoms with E-state index >= 15 is 0 Å². The first-order valence-electron chi connectivity index (χ1n) is 13.6. The molecule has 4 fully saturated rings. The van der Waals surface area contributed by atoms with Crippen LogP contribution in [0.4, 0.5) is 0 Å². The zero-order chi connectivity index (χ0) is 27.5. The van der Waals surface area contributed by atoms with Gasteiger partial charge in [0.05, 0.1) is 11.7 Å². The Morgan fingerprint density at radius 2 is 1.78 bits per heavy atom. The van der Waals surface area contributed by atoms with E-state index in [-0.39, 0.29) is 40.8 Å². The molecular weight excluding hydrogens is 470 g/mol. The van der Waals surface area contributed by atoms with Crippen LogP contribution >= 0.6 is 0 Å². The van der Waals surface area contributed by atoms with E-state index in [0.717, 1.165) is 18.4 Å². The highest BCUT2D eigenvalue weighted by Gasteiger charge is 2.71. The van der Waals surface area contributed by atoms with Gasteiger partial charge in [0.2, 0.25) is 0 Å². The third kappa shape index (κ3) is 4.30. The van der Waals surface area contributed by atoms with Crippen molar-refractivity contribution in [1.29, 1.82) is 0 Å². The first kappa shape index (κ1) is 28.0. The van der Waals surface area contributed by atoms with Gasteiger partial charge < -0.3 is 32.2 Å². The highest BCUT2D eigenvalue weighted by atomic mass is 16.5. The topological polar surface area (TPSA) is 162 Å². The van der Waals surface area contributed by atoms with Crippen LogP contribution < -0.4 is 17.2 Å². The number of rotatable bonds is 4. The van der Waals surface area contributed by atoms with Crippen LogP contribution in [-0.2, 0) is 14.3 Å². The summed E-state index contributed by atoms with van der Waals surface area (Å²) in [6.07, 6.45) is 7.96. The number of esters is 1. The molecule has 206 valence electrons. The maximum absolute atomic E-state index is 12.6. The van der Waals surface area contributed by atoms with Crippen LogP contribution in [0, 0.1) is 28.6 Å². The minimum atomic E-state index is -1.07. The Kier molecular flexibility index (Phi) is 7.29. The summed E-state index contributed by atoms with van der Waals surface area (Å²) in [4.78, 5) is 24.7. The molecule has 8 N–H and O–H groups in total. The maximum Gasteiger partial charge on any atom is 0.335 e. The lowest BCUT2D eigenvalue weighted by atomic mass is 9.39. The van der Waals surface area contributed by atoms with E-state index < -0.39 is 35.1 Å². The van der Waals surface area contributed by atoms with Crippen molar-refractivity contribution in [3.63, 3.8) is 0 Å². The highest BCUT2D eigenvalue weighted by molar-refractivity contribution is 5.91. The number of nitrogens with two attached hydrogens (primary N) is 3. The fourth-order valence-corrected chi connectivity index (χ4v) is 8.85. The fraction of sp³-hybridized carbons (Fsp3) is 0.724. The number of ether oxygens (including phenoxy) is 1. The van der Waals surface area contributed by atoms with Crippen molar-refractivity contribution < 1.29 is 24.5 Å². The summed E-state index contributed by atoms with van der Waals surface area (Å²) in [5.74, 6) is -1.67. The van der Waals surface area contributed by atoms with Crippen molar-refractivity contribution in [1.82, 2.24) is 0 Å². The lowest BCUT2D eigenvalue weighted by Gasteiger charge is -2.68. The van der Waals surface area contributed by atoms with Crippen LogP contribution in [0.2, 0.25) is 0 Å². The summed E-state index contributed by atoms with van der Waals surface area (Å²) in [5, 5.41) is 20.8. The van der Waals surface area contributed by atoms with E-state index in [4.69, 9.17) is 21.9 Å². The Morgan fingerprint density at radius 3 is 2.38 bits per heavy atom. The summed E-state index contributed by atoms with van der Waals surface area (Å²) in [6, 6.07) is -0.649. The molecule has 4 rings (SSSR count). The molecule has 0 unspecified atom stereocenters. The van der Waals surface area contributed by atoms with Crippen molar-refractivity contribution in [2.45, 2.75) is 103 Å². The molecule has 4 aliphatic rings. The molecule has 4 saturated carbocycles. The Hall–Kier alpha value is -2.00. The maximum atomic E-state index is 12.6. The molecule has 0 aliphatic heterocycles. The van der Waals surface area contributed by atoms with Gasteiger partial charge in [-0.05, 0) is 86.7 Å². The van der Waals surface area contributed by atoms with Crippen LogP contribution in [0.1, 0.15) is 73.1 Å². The molecule has 8 heteroatoms. The van der Waals surface area contributed by atoms with Crippen LogP contribution in [-0.4, -0.2) is 52.0 Å². The van der Waals surface area contributed by atoms with E-state index in [1.807, 2.05) is 19.9 Å². The van der Waals surface area contributed by atoms with Crippen molar-refractivity contribution in [2.75, 3.05) is 0 Å². The number of hydrogen-bond acceptors (Lipinski definition) is 7. The quantitative estimate of drug-likeness (QED) is 0.217. The molecule has 0 radical (unpaired) electrons. The molecule has 0 amide bonds. The van der Waals surface area contributed by atoms with Gasteiger partial charge in [-0.2, -0.15) is 0 Å². The molecule has 0 bridgehead atoms. The number of aliphatic hydroxyl groups is 1. The van der Waals surface area contributed by atoms with Crippen LogP contribution in [0.25, 0.3) is 0 Å². The second-order valence-electron chi connectivity index (χ2n) is 12.8.